The lowest BCUT2D eigenvalue weighted by Crippen LogP contribution is -2.24. The molecule has 34 heavy (non-hydrogen) atoms. The summed E-state index contributed by atoms with van der Waals surface area (Å²) in [5, 5.41) is 2.83. The lowest BCUT2D eigenvalue weighted by atomic mass is 10.2. The molecule has 9 nitrogen and oxygen atoms in total. The molecule has 0 aliphatic rings. The first-order chi connectivity index (χ1) is 16.4. The standard InChI is InChI=1S/C24H27N3O6S/c1-4-5-14-25-24(28)17-6-13-23(26-16-17)33-19-9-7-18(8-10-19)27-34(29,30)22-15-20(31-2)11-12-21(22)32-3/h6-13,15-16,27H,4-5,14H2,1-3H3,(H,25,28). The summed E-state index contributed by atoms with van der Waals surface area (Å²) in [5.41, 5.74) is 0.783. The molecule has 0 fully saturated rings. The van der Waals surface area contributed by atoms with E-state index in [1.54, 1.807) is 42.5 Å². The van der Waals surface area contributed by atoms with Gasteiger partial charge in [-0.05, 0) is 48.9 Å². The van der Waals surface area contributed by atoms with Crippen molar-refractivity contribution in [2.45, 2.75) is 24.7 Å². The average Bonchev–Trinajstić information content (AvgIpc) is 2.85. The zero-order chi connectivity index (χ0) is 24.6. The van der Waals surface area contributed by atoms with Gasteiger partial charge in [0.25, 0.3) is 15.9 Å². The molecular formula is C24H27N3O6S. The molecule has 0 aliphatic heterocycles. The molecular weight excluding hydrogens is 458 g/mol. The Kier molecular flexibility index (Phi) is 8.31. The number of aromatic nitrogens is 1. The van der Waals surface area contributed by atoms with Crippen LogP contribution in [0.15, 0.2) is 65.7 Å². The number of ether oxygens (including phenoxy) is 3. The van der Waals surface area contributed by atoms with E-state index in [0.29, 0.717) is 35.2 Å². The summed E-state index contributed by atoms with van der Waals surface area (Å²) >= 11 is 0. The van der Waals surface area contributed by atoms with Crippen LogP contribution >= 0.6 is 0 Å². The Morgan fingerprint density at radius 1 is 0.971 bits per heavy atom. The van der Waals surface area contributed by atoms with Crippen LogP contribution < -0.4 is 24.2 Å². The number of benzene rings is 2. The van der Waals surface area contributed by atoms with E-state index >= 15 is 0 Å². The third kappa shape index (κ3) is 6.38. The van der Waals surface area contributed by atoms with Crippen molar-refractivity contribution < 1.29 is 27.4 Å². The second-order valence-electron chi connectivity index (χ2n) is 7.24. The van der Waals surface area contributed by atoms with E-state index in [-0.39, 0.29) is 16.6 Å². The maximum atomic E-state index is 12.9. The monoisotopic (exact) mass is 485 g/mol. The highest BCUT2D eigenvalue weighted by molar-refractivity contribution is 7.92. The number of unbranched alkanes of at least 4 members (excludes halogenated alkanes) is 1. The smallest absolute Gasteiger partial charge is 0.265 e. The molecule has 10 heteroatoms. The minimum atomic E-state index is -3.93. The van der Waals surface area contributed by atoms with E-state index < -0.39 is 10.0 Å². The molecule has 0 atom stereocenters. The summed E-state index contributed by atoms with van der Waals surface area (Å²) in [6.45, 7) is 2.67. The highest BCUT2D eigenvalue weighted by atomic mass is 32.2. The van der Waals surface area contributed by atoms with E-state index in [4.69, 9.17) is 14.2 Å². The number of hydrogen-bond acceptors (Lipinski definition) is 7. The minimum Gasteiger partial charge on any atom is -0.497 e. The van der Waals surface area contributed by atoms with E-state index in [9.17, 15) is 13.2 Å². The van der Waals surface area contributed by atoms with Crippen LogP contribution in [0.25, 0.3) is 0 Å². The Morgan fingerprint density at radius 2 is 1.71 bits per heavy atom. The fourth-order valence-corrected chi connectivity index (χ4v) is 4.22. The van der Waals surface area contributed by atoms with E-state index in [1.807, 2.05) is 0 Å². The van der Waals surface area contributed by atoms with Crippen LogP contribution in [0, 0.1) is 0 Å². The molecule has 0 bridgehead atoms. The third-order valence-corrected chi connectivity index (χ3v) is 6.21. The largest absolute Gasteiger partial charge is 0.497 e. The molecule has 2 aromatic carbocycles. The van der Waals surface area contributed by atoms with Crippen molar-refractivity contribution in [1.82, 2.24) is 10.3 Å². The van der Waals surface area contributed by atoms with Gasteiger partial charge in [-0.2, -0.15) is 0 Å². The van der Waals surface area contributed by atoms with Gasteiger partial charge in [0.2, 0.25) is 5.88 Å². The first-order valence-corrected chi connectivity index (χ1v) is 12.1. The number of pyridine rings is 1. The van der Waals surface area contributed by atoms with Crippen LogP contribution in [-0.4, -0.2) is 40.1 Å². The summed E-state index contributed by atoms with van der Waals surface area (Å²) in [6.07, 6.45) is 3.36. The Morgan fingerprint density at radius 3 is 2.32 bits per heavy atom. The topological polar surface area (TPSA) is 116 Å². The van der Waals surface area contributed by atoms with Crippen molar-refractivity contribution >= 4 is 21.6 Å². The maximum absolute atomic E-state index is 12.9. The van der Waals surface area contributed by atoms with Crippen molar-refractivity contribution in [2.24, 2.45) is 0 Å². The number of rotatable bonds is 11. The Labute approximate surface area is 199 Å². The number of carbonyl (C=O) groups excluding carboxylic acids is 1. The molecule has 0 saturated carbocycles. The van der Waals surface area contributed by atoms with Crippen LogP contribution in [0.4, 0.5) is 5.69 Å². The first kappa shape index (κ1) is 24.8. The molecule has 0 saturated heterocycles. The average molecular weight is 486 g/mol. The maximum Gasteiger partial charge on any atom is 0.265 e. The van der Waals surface area contributed by atoms with Gasteiger partial charge in [-0.1, -0.05) is 13.3 Å². The molecule has 0 unspecified atom stereocenters. The zero-order valence-electron chi connectivity index (χ0n) is 19.2. The first-order valence-electron chi connectivity index (χ1n) is 10.6. The fourth-order valence-electron chi connectivity index (χ4n) is 2.97. The van der Waals surface area contributed by atoms with Crippen molar-refractivity contribution in [3.63, 3.8) is 0 Å². The SMILES string of the molecule is CCCCNC(=O)c1ccc(Oc2ccc(NS(=O)(=O)c3cc(OC)ccc3OC)cc2)nc1. The number of nitrogens with one attached hydrogen (secondary N) is 2. The summed E-state index contributed by atoms with van der Waals surface area (Å²) < 4.78 is 44.3. The molecule has 3 rings (SSSR count). The second kappa shape index (κ2) is 11.4. The van der Waals surface area contributed by atoms with E-state index in [0.717, 1.165) is 12.8 Å². The van der Waals surface area contributed by atoms with Crippen LogP contribution in [0.2, 0.25) is 0 Å². The number of hydrogen-bond donors (Lipinski definition) is 2. The van der Waals surface area contributed by atoms with Gasteiger partial charge in [0.1, 0.15) is 22.1 Å². The number of nitrogens with zero attached hydrogens (tertiary/aromatic N) is 1. The molecule has 2 N–H and O–H groups in total. The van der Waals surface area contributed by atoms with Crippen LogP contribution in [-0.2, 0) is 10.0 Å². The van der Waals surface area contributed by atoms with Crippen LogP contribution in [0.1, 0.15) is 30.1 Å². The Balaban J connectivity index is 1.66. The van der Waals surface area contributed by atoms with Crippen molar-refractivity contribution in [3.05, 3.63) is 66.4 Å². The molecule has 0 radical (unpaired) electrons. The quantitative estimate of drug-likeness (QED) is 0.391. The number of methoxy groups -OCH3 is 2. The minimum absolute atomic E-state index is 0.0438. The van der Waals surface area contributed by atoms with Gasteiger partial charge < -0.3 is 19.5 Å². The van der Waals surface area contributed by atoms with Crippen molar-refractivity contribution in [2.75, 3.05) is 25.5 Å². The number of sulfonamides is 1. The highest BCUT2D eigenvalue weighted by Crippen LogP contribution is 2.30. The number of amides is 1. The zero-order valence-corrected chi connectivity index (χ0v) is 20.0. The van der Waals surface area contributed by atoms with Crippen molar-refractivity contribution in [3.8, 4) is 23.1 Å². The summed E-state index contributed by atoms with van der Waals surface area (Å²) in [6, 6.07) is 14.1. The predicted molar refractivity (Wildman–Crippen MR) is 128 cm³/mol. The lowest BCUT2D eigenvalue weighted by Gasteiger charge is -2.13. The van der Waals surface area contributed by atoms with Gasteiger partial charge in [-0.25, -0.2) is 13.4 Å². The van der Waals surface area contributed by atoms with E-state index in [2.05, 4.69) is 21.9 Å². The normalized spacial score (nSPS) is 10.9. The van der Waals surface area contributed by atoms with Crippen LogP contribution in [0.3, 0.4) is 0 Å². The summed E-state index contributed by atoms with van der Waals surface area (Å²) in [7, 11) is -1.08. The van der Waals surface area contributed by atoms with Gasteiger partial charge >= 0.3 is 0 Å². The van der Waals surface area contributed by atoms with E-state index in [1.165, 1.54) is 32.5 Å². The summed E-state index contributed by atoms with van der Waals surface area (Å²) in [4.78, 5) is 16.2. The van der Waals surface area contributed by atoms with Crippen molar-refractivity contribution in [1.29, 1.82) is 0 Å². The van der Waals surface area contributed by atoms with Gasteiger partial charge in [0, 0.05) is 30.6 Å². The van der Waals surface area contributed by atoms with Gasteiger partial charge in [0.15, 0.2) is 0 Å². The molecule has 0 aliphatic carbocycles. The summed E-state index contributed by atoms with van der Waals surface area (Å²) in [5.74, 6) is 1.16. The number of carbonyl (C=O) groups is 1. The number of anilines is 1. The fraction of sp³-hybridized carbons (Fsp3) is 0.250. The molecule has 180 valence electrons. The predicted octanol–water partition coefficient (Wildman–Crippen LogP) is 4.22. The highest BCUT2D eigenvalue weighted by Gasteiger charge is 2.21. The van der Waals surface area contributed by atoms with Crippen LogP contribution in [0.5, 0.6) is 23.1 Å². The third-order valence-electron chi connectivity index (χ3n) is 4.80. The molecule has 3 aromatic rings. The lowest BCUT2D eigenvalue weighted by molar-refractivity contribution is 0.0952. The van der Waals surface area contributed by atoms with Gasteiger partial charge in [-0.3, -0.25) is 9.52 Å². The molecule has 0 spiro atoms. The second-order valence-corrected chi connectivity index (χ2v) is 8.89. The molecule has 1 amide bonds. The Hall–Kier alpha value is -3.79. The Bertz CT molecular complexity index is 1210. The van der Waals surface area contributed by atoms with Gasteiger partial charge in [-0.15, -0.1) is 0 Å². The molecule has 1 heterocycles. The van der Waals surface area contributed by atoms with Gasteiger partial charge in [0.05, 0.1) is 19.8 Å². The molecule has 1 aromatic heterocycles.